The highest BCUT2D eigenvalue weighted by atomic mass is 35.5. The molecule has 1 amide bonds. The lowest BCUT2D eigenvalue weighted by Crippen LogP contribution is -2.48. The molecule has 3 rings (SSSR count). The van der Waals surface area contributed by atoms with E-state index in [4.69, 9.17) is 5.14 Å². The van der Waals surface area contributed by atoms with Gasteiger partial charge in [-0.3, -0.25) is 9.48 Å². The number of hydrogen-bond donors (Lipinski definition) is 2. The second-order valence-corrected chi connectivity index (χ2v) is 7.66. The summed E-state index contributed by atoms with van der Waals surface area (Å²) in [5.74, 6) is -0.444. The largest absolute Gasteiger partial charge is 0.333 e. The van der Waals surface area contributed by atoms with Crippen LogP contribution in [-0.2, 0) is 21.4 Å². The van der Waals surface area contributed by atoms with Crippen molar-refractivity contribution in [2.24, 2.45) is 5.14 Å². The number of nitrogens with one attached hydrogen (secondary N) is 1. The quantitative estimate of drug-likeness (QED) is 0.742. The van der Waals surface area contributed by atoms with Crippen LogP contribution in [0.4, 0.5) is 4.39 Å². The van der Waals surface area contributed by atoms with Crippen LogP contribution in [0.15, 0.2) is 41.6 Å². The second-order valence-electron chi connectivity index (χ2n) is 6.10. The molecule has 0 spiro atoms. The minimum absolute atomic E-state index is 0. The number of nitrogens with zero attached hydrogens (tertiary/aromatic N) is 3. The molecule has 0 saturated carbocycles. The van der Waals surface area contributed by atoms with Crippen molar-refractivity contribution in [1.82, 2.24) is 20.0 Å². The number of carbonyl (C=O) groups is 1. The number of aryl methyl sites for hydroxylation is 1. The highest BCUT2D eigenvalue weighted by Crippen LogP contribution is 2.23. The highest BCUT2D eigenvalue weighted by molar-refractivity contribution is 7.89. The van der Waals surface area contributed by atoms with Crippen molar-refractivity contribution in [2.45, 2.75) is 23.9 Å². The zero-order valence-electron chi connectivity index (χ0n) is 14.4. The van der Waals surface area contributed by atoms with Gasteiger partial charge in [0.2, 0.25) is 15.9 Å². The number of piperazine rings is 1. The van der Waals surface area contributed by atoms with E-state index in [1.807, 2.05) is 0 Å². The van der Waals surface area contributed by atoms with Crippen molar-refractivity contribution < 1.29 is 17.6 Å². The fraction of sp³-hybridized carbons (Fsp3) is 0.375. The van der Waals surface area contributed by atoms with E-state index >= 15 is 0 Å². The van der Waals surface area contributed by atoms with Crippen molar-refractivity contribution in [3.05, 3.63) is 48.0 Å². The molecule has 1 aliphatic rings. The Morgan fingerprint density at radius 2 is 2.19 bits per heavy atom. The predicted molar refractivity (Wildman–Crippen MR) is 99.2 cm³/mol. The molecular weight excluding hydrogens is 397 g/mol. The Kier molecular flexibility index (Phi) is 6.93. The van der Waals surface area contributed by atoms with E-state index in [1.54, 1.807) is 17.0 Å². The molecule has 27 heavy (non-hydrogen) atoms. The Morgan fingerprint density at radius 3 is 2.85 bits per heavy atom. The number of benzene rings is 1. The number of carbonyl (C=O) groups excluding carboxylic acids is 1. The summed E-state index contributed by atoms with van der Waals surface area (Å²) in [5, 5.41) is 12.2. The maximum absolute atomic E-state index is 13.5. The van der Waals surface area contributed by atoms with Crippen LogP contribution in [0.5, 0.6) is 0 Å². The van der Waals surface area contributed by atoms with Gasteiger partial charge in [-0.2, -0.15) is 5.10 Å². The molecule has 0 bridgehead atoms. The van der Waals surface area contributed by atoms with Gasteiger partial charge in [-0.25, -0.2) is 17.9 Å². The summed E-state index contributed by atoms with van der Waals surface area (Å²) < 4.78 is 37.4. The average molecular weight is 418 g/mol. The lowest BCUT2D eigenvalue weighted by molar-refractivity contribution is -0.134. The number of hydrogen-bond acceptors (Lipinski definition) is 5. The molecule has 3 N–H and O–H groups in total. The van der Waals surface area contributed by atoms with Crippen LogP contribution < -0.4 is 10.5 Å². The van der Waals surface area contributed by atoms with Gasteiger partial charge < -0.3 is 10.2 Å². The van der Waals surface area contributed by atoms with E-state index < -0.39 is 10.0 Å². The van der Waals surface area contributed by atoms with Gasteiger partial charge in [0.25, 0.3) is 0 Å². The van der Waals surface area contributed by atoms with E-state index in [0.717, 1.165) is 11.8 Å². The third-order valence-corrected chi connectivity index (χ3v) is 5.16. The zero-order chi connectivity index (χ0) is 18.7. The minimum Gasteiger partial charge on any atom is -0.333 e. The molecule has 1 aromatic carbocycles. The summed E-state index contributed by atoms with van der Waals surface area (Å²) >= 11 is 0. The van der Waals surface area contributed by atoms with E-state index in [2.05, 4.69) is 10.4 Å². The Hall–Kier alpha value is -2.01. The van der Waals surface area contributed by atoms with Crippen molar-refractivity contribution in [1.29, 1.82) is 0 Å². The molecule has 148 valence electrons. The Labute approximate surface area is 163 Å². The van der Waals surface area contributed by atoms with E-state index in [1.165, 1.54) is 23.0 Å². The van der Waals surface area contributed by atoms with E-state index in [0.29, 0.717) is 19.6 Å². The predicted octanol–water partition coefficient (Wildman–Crippen LogP) is 0.655. The monoisotopic (exact) mass is 417 g/mol. The minimum atomic E-state index is -3.81. The molecule has 8 nitrogen and oxygen atoms in total. The molecule has 1 unspecified atom stereocenters. The molecule has 1 atom stereocenters. The van der Waals surface area contributed by atoms with Gasteiger partial charge in [0.1, 0.15) is 10.7 Å². The summed E-state index contributed by atoms with van der Waals surface area (Å²) in [6.45, 7) is 1.96. The van der Waals surface area contributed by atoms with Crippen LogP contribution in [0.3, 0.4) is 0 Å². The normalized spacial score (nSPS) is 17.4. The molecule has 1 saturated heterocycles. The van der Waals surface area contributed by atoms with Gasteiger partial charge in [0, 0.05) is 38.8 Å². The molecule has 11 heteroatoms. The van der Waals surface area contributed by atoms with Gasteiger partial charge in [0.15, 0.2) is 0 Å². The first kappa shape index (κ1) is 21.3. The van der Waals surface area contributed by atoms with Crippen molar-refractivity contribution in [3.63, 3.8) is 0 Å². The number of amides is 1. The summed E-state index contributed by atoms with van der Waals surface area (Å²) in [7, 11) is -3.81. The standard InChI is InChI=1S/C16H20FN5O3S.ClH/c17-13-3-1-2-12(8-13)15-10-19-5-7-22(15)16(23)4-6-21-11-14(9-20-21)26(18,24)25;/h1-3,8-9,11,15,19H,4-7,10H2,(H2,18,24,25);1H. The number of primary sulfonamides is 1. The summed E-state index contributed by atoms with van der Waals surface area (Å²) in [6, 6.07) is 5.98. The van der Waals surface area contributed by atoms with Crippen LogP contribution in [-0.4, -0.2) is 48.6 Å². The average Bonchev–Trinajstić information content (AvgIpc) is 3.09. The molecule has 2 heterocycles. The maximum atomic E-state index is 13.5. The molecule has 1 aromatic heterocycles. The molecule has 2 aromatic rings. The first-order chi connectivity index (χ1) is 12.3. The Morgan fingerprint density at radius 1 is 1.41 bits per heavy atom. The van der Waals surface area contributed by atoms with E-state index in [9.17, 15) is 17.6 Å². The number of nitrogens with two attached hydrogens (primary N) is 1. The van der Waals surface area contributed by atoms with Crippen molar-refractivity contribution >= 4 is 28.3 Å². The van der Waals surface area contributed by atoms with Crippen LogP contribution in [0.2, 0.25) is 0 Å². The molecule has 0 radical (unpaired) electrons. The topological polar surface area (TPSA) is 110 Å². The van der Waals surface area contributed by atoms with Crippen LogP contribution in [0.25, 0.3) is 0 Å². The third kappa shape index (κ3) is 5.25. The van der Waals surface area contributed by atoms with Crippen LogP contribution >= 0.6 is 12.4 Å². The maximum Gasteiger partial charge on any atom is 0.241 e. The first-order valence-corrected chi connectivity index (χ1v) is 9.70. The summed E-state index contributed by atoms with van der Waals surface area (Å²) in [6.07, 6.45) is 2.60. The molecule has 1 aliphatic heterocycles. The Balaban J connectivity index is 0.00000261. The summed E-state index contributed by atoms with van der Waals surface area (Å²) in [5.41, 5.74) is 0.737. The molecule has 1 fully saturated rings. The van der Waals surface area contributed by atoms with E-state index in [-0.39, 0.29) is 48.0 Å². The van der Waals surface area contributed by atoms with Crippen molar-refractivity contribution in [3.8, 4) is 0 Å². The zero-order valence-corrected chi connectivity index (χ0v) is 16.0. The van der Waals surface area contributed by atoms with Crippen molar-refractivity contribution in [2.75, 3.05) is 19.6 Å². The smallest absolute Gasteiger partial charge is 0.241 e. The third-order valence-electron chi connectivity index (χ3n) is 4.29. The molecular formula is C16H21ClFN5O3S. The van der Waals surface area contributed by atoms with Gasteiger partial charge in [0.05, 0.1) is 12.2 Å². The SMILES string of the molecule is Cl.NS(=O)(=O)c1cnn(CCC(=O)N2CCNCC2c2cccc(F)c2)c1. The Bertz CT molecular complexity index is 905. The van der Waals surface area contributed by atoms with Crippen LogP contribution in [0.1, 0.15) is 18.0 Å². The van der Waals surface area contributed by atoms with Gasteiger partial charge in [-0.05, 0) is 17.7 Å². The van der Waals surface area contributed by atoms with Gasteiger partial charge in [-0.15, -0.1) is 12.4 Å². The van der Waals surface area contributed by atoms with Gasteiger partial charge in [-0.1, -0.05) is 12.1 Å². The number of aromatic nitrogens is 2. The fourth-order valence-electron chi connectivity index (χ4n) is 2.98. The lowest BCUT2D eigenvalue weighted by Gasteiger charge is -2.36. The first-order valence-electron chi connectivity index (χ1n) is 8.15. The second kappa shape index (κ2) is 8.79. The number of halogens is 2. The fourth-order valence-corrected chi connectivity index (χ4v) is 3.44. The number of rotatable bonds is 5. The van der Waals surface area contributed by atoms with Crippen LogP contribution in [0, 0.1) is 5.82 Å². The highest BCUT2D eigenvalue weighted by Gasteiger charge is 2.27. The lowest BCUT2D eigenvalue weighted by atomic mass is 10.0. The van der Waals surface area contributed by atoms with Gasteiger partial charge >= 0.3 is 0 Å². The summed E-state index contributed by atoms with van der Waals surface area (Å²) in [4.78, 5) is 14.3. The molecule has 0 aliphatic carbocycles. The number of sulfonamides is 1.